The van der Waals surface area contributed by atoms with Gasteiger partial charge in [-0.25, -0.2) is 0 Å². The van der Waals surface area contributed by atoms with E-state index in [4.69, 9.17) is 5.73 Å². The number of benzene rings is 2. The van der Waals surface area contributed by atoms with Crippen LogP contribution in [0.25, 0.3) is 0 Å². The predicted octanol–water partition coefficient (Wildman–Crippen LogP) is 3.71. The molecule has 0 radical (unpaired) electrons. The first-order chi connectivity index (χ1) is 24.0. The monoisotopic (exact) mass is 757 g/mol. The number of unbranched alkanes of at least 4 members (excludes halogenated alkanes) is 4. The SMILES string of the molecule is Cc1c(P)ccc(CCCCCCCC(=O)Nc2ccc3c(c2O)C(=O)C2=C(O)[C@]4(O)C(=O)C(C(N)=O)=C(O)[C@@H](N(C)C)[C@@H]4[C@@H](O)[C@@H]2[C@H]3C)c1C.Cl. The molecule has 3 aliphatic rings. The van der Waals surface area contributed by atoms with Crippen LogP contribution in [0.5, 0.6) is 5.75 Å². The lowest BCUT2D eigenvalue weighted by molar-refractivity contribution is -0.162. The minimum Gasteiger partial charge on any atom is -0.510 e. The van der Waals surface area contributed by atoms with Crippen LogP contribution < -0.4 is 16.4 Å². The molecule has 0 bridgehead atoms. The molecule has 52 heavy (non-hydrogen) atoms. The normalized spacial score (nSPS) is 25.4. The van der Waals surface area contributed by atoms with Crippen molar-refractivity contribution < 1.29 is 44.7 Å². The molecule has 12 nitrogen and oxygen atoms in total. The highest BCUT2D eigenvalue weighted by Gasteiger charge is 2.67. The number of aryl methyl sites for hydroxylation is 1. The number of hydrogen-bond donors (Lipinski definition) is 7. The van der Waals surface area contributed by atoms with E-state index in [9.17, 15) is 44.7 Å². The number of nitrogens with one attached hydrogen (secondary N) is 1. The van der Waals surface area contributed by atoms with E-state index >= 15 is 0 Å². The van der Waals surface area contributed by atoms with Gasteiger partial charge in [0, 0.05) is 17.9 Å². The quantitative estimate of drug-likeness (QED) is 0.0765. The zero-order valence-corrected chi connectivity index (χ0v) is 32.0. The lowest BCUT2D eigenvalue weighted by Crippen LogP contribution is -2.68. The number of aliphatic hydroxyl groups is 4. The number of carbonyl (C=O) groups is 4. The topological polar surface area (TPSA) is 211 Å². The second kappa shape index (κ2) is 15.7. The molecule has 0 saturated carbocycles. The van der Waals surface area contributed by atoms with E-state index in [-0.39, 0.29) is 36.0 Å². The van der Waals surface area contributed by atoms with Crippen LogP contribution in [0.2, 0.25) is 0 Å². The smallest absolute Gasteiger partial charge is 0.255 e. The van der Waals surface area contributed by atoms with Gasteiger partial charge in [0.1, 0.15) is 17.1 Å². The van der Waals surface area contributed by atoms with E-state index in [0.29, 0.717) is 12.0 Å². The van der Waals surface area contributed by atoms with Crippen LogP contribution >= 0.6 is 21.6 Å². The van der Waals surface area contributed by atoms with Crippen LogP contribution in [-0.4, -0.2) is 85.7 Å². The van der Waals surface area contributed by atoms with E-state index in [1.54, 1.807) is 13.0 Å². The van der Waals surface area contributed by atoms with E-state index in [0.717, 1.165) is 32.1 Å². The molecule has 2 aromatic carbocycles. The van der Waals surface area contributed by atoms with Gasteiger partial charge in [0.15, 0.2) is 17.1 Å². The lowest BCUT2D eigenvalue weighted by atomic mass is 9.55. The molecular formula is C38H49ClN3O9P. The summed E-state index contributed by atoms with van der Waals surface area (Å²) in [7, 11) is 5.72. The Labute approximate surface area is 311 Å². The molecule has 1 unspecified atom stereocenters. The number of ketones is 2. The average molecular weight is 758 g/mol. The lowest BCUT2D eigenvalue weighted by Gasteiger charge is -2.53. The number of Topliss-reactive ketones (excluding diaryl/α,β-unsaturated/α-hetero) is 2. The molecule has 3 aliphatic carbocycles. The Hall–Kier alpha value is -3.80. The number of phenolic OH excluding ortho intramolecular Hbond substituents is 1. The van der Waals surface area contributed by atoms with E-state index < -0.39 is 81.4 Å². The molecule has 282 valence electrons. The molecule has 0 fully saturated rings. The summed E-state index contributed by atoms with van der Waals surface area (Å²) in [5, 5.41) is 61.3. The van der Waals surface area contributed by atoms with Crippen LogP contribution in [0.4, 0.5) is 5.69 Å². The molecule has 0 aliphatic heterocycles. The number of amides is 2. The second-order valence-corrected chi connectivity index (χ2v) is 15.0. The van der Waals surface area contributed by atoms with Gasteiger partial charge < -0.3 is 36.6 Å². The number of anilines is 1. The highest BCUT2D eigenvalue weighted by molar-refractivity contribution is 7.27. The van der Waals surface area contributed by atoms with Crippen molar-refractivity contribution in [1.82, 2.24) is 4.90 Å². The fourth-order valence-corrected chi connectivity index (χ4v) is 8.55. The van der Waals surface area contributed by atoms with Crippen LogP contribution in [-0.2, 0) is 20.8 Å². The van der Waals surface area contributed by atoms with Crippen molar-refractivity contribution in [3.63, 3.8) is 0 Å². The van der Waals surface area contributed by atoms with Gasteiger partial charge in [-0.15, -0.1) is 21.6 Å². The van der Waals surface area contributed by atoms with Crippen molar-refractivity contribution >= 4 is 56.0 Å². The van der Waals surface area contributed by atoms with Crippen molar-refractivity contribution in [3.8, 4) is 5.75 Å². The maximum Gasteiger partial charge on any atom is 0.255 e. The van der Waals surface area contributed by atoms with E-state index in [1.807, 2.05) is 0 Å². The zero-order chi connectivity index (χ0) is 37.7. The molecule has 5 rings (SSSR count). The largest absolute Gasteiger partial charge is 0.510 e. The Kier molecular flexibility index (Phi) is 12.3. The number of aliphatic hydroxyl groups excluding tert-OH is 3. The van der Waals surface area contributed by atoms with Gasteiger partial charge in [-0.2, -0.15) is 0 Å². The molecule has 0 aromatic heterocycles. The van der Waals surface area contributed by atoms with Crippen molar-refractivity contribution in [2.75, 3.05) is 19.4 Å². The number of primary amides is 1. The first-order valence-electron chi connectivity index (χ1n) is 17.3. The van der Waals surface area contributed by atoms with E-state index in [1.165, 1.54) is 47.1 Å². The third kappa shape index (κ3) is 6.76. The highest BCUT2D eigenvalue weighted by Crippen LogP contribution is 2.56. The summed E-state index contributed by atoms with van der Waals surface area (Å²) in [6.07, 6.45) is 4.05. The number of fused-ring (bicyclic) bond motifs is 3. The fourth-order valence-electron chi connectivity index (χ4n) is 8.24. The molecular weight excluding hydrogens is 709 g/mol. The number of halogens is 1. The van der Waals surface area contributed by atoms with Crippen LogP contribution in [0.1, 0.15) is 84.0 Å². The van der Waals surface area contributed by atoms with Crippen molar-refractivity contribution in [3.05, 3.63) is 74.7 Å². The Morgan fingerprint density at radius 1 is 0.981 bits per heavy atom. The van der Waals surface area contributed by atoms with Gasteiger partial charge >= 0.3 is 0 Å². The standard InChI is InChI=1S/C38H48N3O9P.ClH/c1-17-18(2)23(51)16-13-20(17)11-9-7-6-8-10-12-24(42)40-22-15-14-21-19(3)25-27(32(44)26(21)31(22)43)35(47)38(50)29(33(25)45)30(41(4)5)34(46)28(36(38)48)37(39)49;/h13-16,19,25,29-30,33,43,45-47,50H,6-12,51H2,1-5H3,(H2,39,49)(H,40,42);1H/t19-,25+,29+,30-,33-,38-;/m0./s1. The van der Waals surface area contributed by atoms with Gasteiger partial charge in [0.2, 0.25) is 11.7 Å². The maximum atomic E-state index is 14.1. The summed E-state index contributed by atoms with van der Waals surface area (Å²) in [6.45, 7) is 5.93. The zero-order valence-electron chi connectivity index (χ0n) is 30.0. The van der Waals surface area contributed by atoms with E-state index in [2.05, 4.69) is 40.5 Å². The molecule has 0 spiro atoms. The Morgan fingerprint density at radius 2 is 1.62 bits per heavy atom. The maximum absolute atomic E-state index is 14.1. The van der Waals surface area contributed by atoms with Gasteiger partial charge in [-0.3, -0.25) is 24.1 Å². The van der Waals surface area contributed by atoms with Crippen LogP contribution in [0.15, 0.2) is 46.9 Å². The van der Waals surface area contributed by atoms with Gasteiger partial charge in [0.05, 0.1) is 29.3 Å². The minimum atomic E-state index is -3.00. The summed E-state index contributed by atoms with van der Waals surface area (Å²) >= 11 is 0. The number of likely N-dealkylation sites (N-methyl/N-ethyl adjacent to an activating group) is 1. The Morgan fingerprint density at radius 3 is 2.25 bits per heavy atom. The summed E-state index contributed by atoms with van der Waals surface area (Å²) in [4.78, 5) is 54.1. The van der Waals surface area contributed by atoms with Gasteiger partial charge in [-0.1, -0.05) is 44.4 Å². The highest BCUT2D eigenvalue weighted by atomic mass is 35.5. The first kappa shape index (κ1) is 41.0. The third-order valence-electron chi connectivity index (χ3n) is 11.2. The minimum absolute atomic E-state index is 0. The molecule has 2 aromatic rings. The molecule has 2 amide bonds. The van der Waals surface area contributed by atoms with Gasteiger partial charge in [0.25, 0.3) is 5.91 Å². The number of hydrogen-bond acceptors (Lipinski definition) is 10. The molecule has 8 N–H and O–H groups in total. The average Bonchev–Trinajstić information content (AvgIpc) is 3.06. The van der Waals surface area contributed by atoms with Crippen molar-refractivity contribution in [1.29, 1.82) is 0 Å². The van der Waals surface area contributed by atoms with Crippen molar-refractivity contribution in [2.45, 2.75) is 89.4 Å². The summed E-state index contributed by atoms with van der Waals surface area (Å²) < 4.78 is 0. The summed E-state index contributed by atoms with van der Waals surface area (Å²) in [5.41, 5.74) is 4.92. The number of aromatic hydroxyl groups is 1. The number of nitrogens with zero attached hydrogens (tertiary/aromatic N) is 1. The van der Waals surface area contributed by atoms with Gasteiger partial charge in [-0.05, 0) is 86.7 Å². The summed E-state index contributed by atoms with van der Waals surface area (Å²) in [5.74, 6) is -10.1. The van der Waals surface area contributed by atoms with Crippen molar-refractivity contribution in [2.24, 2.45) is 17.6 Å². The molecule has 7 atom stereocenters. The third-order valence-corrected chi connectivity index (χ3v) is 11.8. The number of nitrogens with two attached hydrogens (primary N) is 1. The molecule has 0 saturated heterocycles. The number of phenols is 1. The Bertz CT molecular complexity index is 1880. The summed E-state index contributed by atoms with van der Waals surface area (Å²) in [6, 6.07) is 5.97. The predicted molar refractivity (Wildman–Crippen MR) is 202 cm³/mol. The number of carbonyl (C=O) groups excluding carboxylic acids is 4. The molecule has 0 heterocycles. The van der Waals surface area contributed by atoms with Crippen LogP contribution in [0, 0.1) is 25.7 Å². The first-order valence-corrected chi connectivity index (χ1v) is 17.9. The van der Waals surface area contributed by atoms with Crippen LogP contribution in [0.3, 0.4) is 0 Å². The Balaban J connectivity index is 0.00000605. The second-order valence-electron chi connectivity index (χ2n) is 14.4. The fraction of sp³-hybridized carbons (Fsp3) is 0.474. The molecule has 14 heteroatoms. The number of rotatable bonds is 11.